The molecular formula is C26H30F6N4O2S. The largest absolute Gasteiger partial charge is 0.402 e. The third-order valence-electron chi connectivity index (χ3n) is 8.87. The summed E-state index contributed by atoms with van der Waals surface area (Å²) in [7, 11) is -4.26. The van der Waals surface area contributed by atoms with Crippen molar-refractivity contribution in [1.82, 2.24) is 13.9 Å². The summed E-state index contributed by atoms with van der Waals surface area (Å²) < 4.78 is 107. The molecule has 0 aromatic heterocycles. The number of rotatable bonds is 4. The highest BCUT2D eigenvalue weighted by Crippen LogP contribution is 2.50. The number of benzene rings is 1. The maximum atomic E-state index is 13.1. The van der Waals surface area contributed by atoms with Crippen LogP contribution in [0.5, 0.6) is 0 Å². The van der Waals surface area contributed by atoms with Gasteiger partial charge in [-0.2, -0.15) is 49.0 Å². The van der Waals surface area contributed by atoms with Crippen LogP contribution in [0.25, 0.3) is 6.08 Å². The molecule has 1 saturated carbocycles. The van der Waals surface area contributed by atoms with E-state index in [-0.39, 0.29) is 50.9 Å². The molecule has 39 heavy (non-hydrogen) atoms. The average Bonchev–Trinajstić information content (AvgIpc) is 3.22. The van der Waals surface area contributed by atoms with Gasteiger partial charge in [0, 0.05) is 18.7 Å². The lowest BCUT2D eigenvalue weighted by molar-refractivity contribution is -0.184. The zero-order valence-electron chi connectivity index (χ0n) is 21.2. The van der Waals surface area contributed by atoms with Crippen LogP contribution in [0.3, 0.4) is 0 Å². The zero-order chi connectivity index (χ0) is 28.2. The fourth-order valence-electron chi connectivity index (χ4n) is 6.93. The summed E-state index contributed by atoms with van der Waals surface area (Å²) in [6, 6.07) is 7.87. The summed E-state index contributed by atoms with van der Waals surface area (Å²) >= 11 is 0. The second-order valence-electron chi connectivity index (χ2n) is 11.3. The van der Waals surface area contributed by atoms with Crippen LogP contribution < -0.4 is 4.72 Å². The smallest absolute Gasteiger partial charge is 0.298 e. The van der Waals surface area contributed by atoms with E-state index in [0.717, 1.165) is 23.1 Å². The third kappa shape index (κ3) is 5.85. The number of piperidine rings is 1. The molecule has 2 bridgehead atoms. The van der Waals surface area contributed by atoms with E-state index in [1.54, 1.807) is 6.08 Å². The minimum absolute atomic E-state index is 0.00944. The fourth-order valence-corrected chi connectivity index (χ4v) is 8.64. The molecule has 2 aliphatic heterocycles. The van der Waals surface area contributed by atoms with Crippen LogP contribution in [0, 0.1) is 29.1 Å². The van der Waals surface area contributed by atoms with Crippen LogP contribution in [0.15, 0.2) is 23.8 Å². The second-order valence-corrected chi connectivity index (χ2v) is 13.0. The van der Waals surface area contributed by atoms with Gasteiger partial charge < -0.3 is 0 Å². The summed E-state index contributed by atoms with van der Waals surface area (Å²) in [5.74, 6) is -1.61. The molecule has 1 spiro atoms. The van der Waals surface area contributed by atoms with Crippen molar-refractivity contribution in [3.8, 4) is 6.07 Å². The van der Waals surface area contributed by atoms with Gasteiger partial charge >= 0.3 is 12.4 Å². The van der Waals surface area contributed by atoms with Crippen molar-refractivity contribution < 1.29 is 34.8 Å². The second kappa shape index (κ2) is 10.0. The van der Waals surface area contributed by atoms with Gasteiger partial charge in [-0.3, -0.25) is 4.90 Å². The quantitative estimate of drug-likeness (QED) is 0.425. The first kappa shape index (κ1) is 28.4. The van der Waals surface area contributed by atoms with E-state index in [9.17, 15) is 40.0 Å². The molecule has 214 valence electrons. The van der Waals surface area contributed by atoms with Crippen molar-refractivity contribution in [2.75, 3.05) is 32.7 Å². The van der Waals surface area contributed by atoms with E-state index >= 15 is 0 Å². The standard InChI is InChI=1S/C26H30F6N4O2S/c27-25(28,29)16-36-15-24(34-39(36,37)38)22-3-4-23(24)12-20-10-17(1-2-19(20)11-22)9-18(13-33)14-35-7-5-21(6-8-35)26(30,31)32/h1-2,9-10,21-23,34H,3-8,11-12,14-16H2/b18-9+/t22-,23+,24-/m1/s1. The average molecular weight is 577 g/mol. The van der Waals surface area contributed by atoms with Crippen molar-refractivity contribution in [1.29, 1.82) is 5.26 Å². The molecule has 5 rings (SSSR count). The van der Waals surface area contributed by atoms with E-state index in [4.69, 9.17) is 0 Å². The number of nitriles is 1. The van der Waals surface area contributed by atoms with Gasteiger partial charge in [-0.05, 0) is 86.2 Å². The summed E-state index contributed by atoms with van der Waals surface area (Å²) in [6.45, 7) is -0.951. The normalized spacial score (nSPS) is 30.3. The highest BCUT2D eigenvalue weighted by molar-refractivity contribution is 7.87. The number of nitrogens with one attached hydrogen (secondary N) is 1. The molecule has 1 aromatic rings. The monoisotopic (exact) mass is 576 g/mol. The van der Waals surface area contributed by atoms with E-state index in [1.807, 2.05) is 23.1 Å². The third-order valence-corrected chi connectivity index (χ3v) is 10.4. The number of hydrogen-bond acceptors (Lipinski definition) is 4. The van der Waals surface area contributed by atoms with Gasteiger partial charge in [0.25, 0.3) is 10.2 Å². The van der Waals surface area contributed by atoms with Gasteiger partial charge in [0.15, 0.2) is 0 Å². The first-order valence-corrected chi connectivity index (χ1v) is 14.5. The van der Waals surface area contributed by atoms with Gasteiger partial charge in [-0.15, -0.1) is 0 Å². The Hall–Kier alpha value is -2.14. The van der Waals surface area contributed by atoms with Crippen molar-refractivity contribution in [2.24, 2.45) is 17.8 Å². The summed E-state index contributed by atoms with van der Waals surface area (Å²) in [4.78, 5) is 1.85. The molecule has 0 amide bonds. The molecule has 3 fully saturated rings. The highest BCUT2D eigenvalue weighted by atomic mass is 32.2. The molecule has 0 unspecified atom stereocenters. The molecule has 2 saturated heterocycles. The molecule has 13 heteroatoms. The van der Waals surface area contributed by atoms with Crippen LogP contribution >= 0.6 is 0 Å². The number of hydrogen-bond donors (Lipinski definition) is 1. The number of nitrogens with zero attached hydrogens (tertiary/aromatic N) is 3. The van der Waals surface area contributed by atoms with Crippen LogP contribution in [-0.2, 0) is 23.1 Å². The molecule has 1 aromatic carbocycles. The summed E-state index contributed by atoms with van der Waals surface area (Å²) in [5.41, 5.74) is 2.22. The SMILES string of the molecule is N#C/C(=C\c1ccc2c(c1)C[C@@H]1CC[C@H](C2)[C@]12CN(CC(F)(F)F)S(=O)(=O)N2)CN1CCC(C(F)(F)F)CC1. The van der Waals surface area contributed by atoms with E-state index in [1.165, 1.54) is 0 Å². The number of fused-ring (bicyclic) bond motifs is 1. The Kier molecular flexibility index (Phi) is 7.31. The Morgan fingerprint density at radius 3 is 2.28 bits per heavy atom. The first-order chi connectivity index (χ1) is 18.2. The van der Waals surface area contributed by atoms with Crippen LogP contribution in [0.1, 0.15) is 42.4 Å². The van der Waals surface area contributed by atoms with Crippen molar-refractivity contribution in [3.05, 3.63) is 40.5 Å². The predicted octanol–water partition coefficient (Wildman–Crippen LogP) is 4.44. The maximum absolute atomic E-state index is 13.1. The minimum Gasteiger partial charge on any atom is -0.298 e. The molecule has 4 aliphatic rings. The van der Waals surface area contributed by atoms with E-state index in [2.05, 4.69) is 10.8 Å². The molecule has 0 radical (unpaired) electrons. The Balaban J connectivity index is 1.32. The molecule has 2 aliphatic carbocycles. The maximum Gasteiger partial charge on any atom is 0.402 e. The van der Waals surface area contributed by atoms with Crippen molar-refractivity contribution in [2.45, 2.75) is 56.4 Å². The summed E-state index contributed by atoms with van der Waals surface area (Å²) in [5, 5.41) is 9.69. The number of halogens is 6. The van der Waals surface area contributed by atoms with Crippen LogP contribution in [0.2, 0.25) is 0 Å². The Morgan fingerprint density at radius 1 is 1.05 bits per heavy atom. The van der Waals surface area contributed by atoms with E-state index < -0.39 is 40.6 Å². The lowest BCUT2D eigenvalue weighted by atomic mass is 9.79. The van der Waals surface area contributed by atoms with Gasteiger partial charge in [-0.25, -0.2) is 0 Å². The van der Waals surface area contributed by atoms with E-state index in [0.29, 0.717) is 29.1 Å². The molecule has 3 atom stereocenters. The topological polar surface area (TPSA) is 76.4 Å². The number of likely N-dealkylation sites (tertiary alicyclic amines) is 1. The molecule has 6 nitrogen and oxygen atoms in total. The van der Waals surface area contributed by atoms with Gasteiger partial charge in [0.05, 0.1) is 17.5 Å². The van der Waals surface area contributed by atoms with Crippen molar-refractivity contribution in [3.63, 3.8) is 0 Å². The lowest BCUT2D eigenvalue weighted by Gasteiger charge is -2.33. The highest BCUT2D eigenvalue weighted by Gasteiger charge is 2.60. The Bertz CT molecular complexity index is 1280. The van der Waals surface area contributed by atoms with Gasteiger partial charge in [0.2, 0.25) is 0 Å². The van der Waals surface area contributed by atoms with Gasteiger partial charge in [0.1, 0.15) is 6.54 Å². The van der Waals surface area contributed by atoms with Gasteiger partial charge in [-0.1, -0.05) is 18.2 Å². The Morgan fingerprint density at radius 2 is 1.69 bits per heavy atom. The minimum atomic E-state index is -4.64. The number of alkyl halides is 6. The first-order valence-electron chi connectivity index (χ1n) is 13.1. The van der Waals surface area contributed by atoms with Crippen LogP contribution in [0.4, 0.5) is 26.3 Å². The summed E-state index contributed by atoms with van der Waals surface area (Å²) in [6.07, 6.45) is -4.64. The molecule has 2 heterocycles. The fraction of sp³-hybridized carbons (Fsp3) is 0.654. The zero-order valence-corrected chi connectivity index (χ0v) is 22.0. The van der Waals surface area contributed by atoms with Crippen molar-refractivity contribution >= 4 is 16.3 Å². The Labute approximate surface area is 223 Å². The molecule has 1 N–H and O–H groups in total. The lowest BCUT2D eigenvalue weighted by Crippen LogP contribution is -2.52. The van der Waals surface area contributed by atoms with Crippen LogP contribution in [-0.4, -0.2) is 68.2 Å². The predicted molar refractivity (Wildman–Crippen MR) is 131 cm³/mol. The molecular weight excluding hydrogens is 546 g/mol.